The summed E-state index contributed by atoms with van der Waals surface area (Å²) < 4.78 is 1.55. The average molecular weight is 240 g/mol. The van der Waals surface area contributed by atoms with Crippen LogP contribution in [0.15, 0.2) is 18.3 Å². The molecule has 84 valence electrons. The third-order valence-corrected chi connectivity index (χ3v) is 2.47. The normalized spacial score (nSPS) is 12.9. The Balaban J connectivity index is 2.29. The van der Waals surface area contributed by atoms with Crippen LogP contribution < -0.4 is 0 Å². The van der Waals surface area contributed by atoms with Crippen LogP contribution in [0.25, 0.3) is 5.65 Å². The van der Waals surface area contributed by atoms with Crippen molar-refractivity contribution in [3.05, 3.63) is 29.2 Å². The summed E-state index contributed by atoms with van der Waals surface area (Å²) in [5.74, 6) is -0.832. The van der Waals surface area contributed by atoms with Crippen LogP contribution in [0.1, 0.15) is 12.7 Å². The molecule has 0 amide bonds. The fraction of sp³-hybridized carbons (Fsp3) is 0.300. The highest BCUT2D eigenvalue weighted by molar-refractivity contribution is 6.30. The minimum Gasteiger partial charge on any atom is -0.481 e. The van der Waals surface area contributed by atoms with Gasteiger partial charge in [0, 0.05) is 12.6 Å². The molecule has 5 nitrogen and oxygen atoms in total. The van der Waals surface area contributed by atoms with E-state index in [1.54, 1.807) is 29.8 Å². The number of halogens is 1. The van der Waals surface area contributed by atoms with Gasteiger partial charge >= 0.3 is 5.97 Å². The van der Waals surface area contributed by atoms with Crippen molar-refractivity contribution < 1.29 is 9.90 Å². The van der Waals surface area contributed by atoms with Crippen molar-refractivity contribution in [1.82, 2.24) is 14.6 Å². The van der Waals surface area contributed by atoms with Gasteiger partial charge in [0.05, 0.1) is 10.9 Å². The zero-order valence-electron chi connectivity index (χ0n) is 8.59. The molecule has 0 saturated heterocycles. The molecule has 0 aliphatic carbocycles. The topological polar surface area (TPSA) is 67.5 Å². The Morgan fingerprint density at radius 1 is 1.62 bits per heavy atom. The first-order chi connectivity index (χ1) is 7.56. The van der Waals surface area contributed by atoms with Crippen LogP contribution in [-0.4, -0.2) is 25.7 Å². The van der Waals surface area contributed by atoms with E-state index in [4.69, 9.17) is 16.7 Å². The minimum atomic E-state index is -0.850. The van der Waals surface area contributed by atoms with Crippen LogP contribution in [0.2, 0.25) is 5.02 Å². The molecule has 0 fully saturated rings. The van der Waals surface area contributed by atoms with Crippen molar-refractivity contribution in [2.45, 2.75) is 13.3 Å². The van der Waals surface area contributed by atoms with Gasteiger partial charge in [0.15, 0.2) is 11.5 Å². The molecule has 0 aliphatic heterocycles. The highest BCUT2D eigenvalue weighted by atomic mass is 35.5. The lowest BCUT2D eigenvalue weighted by Crippen LogP contribution is -2.13. The standard InChI is InChI=1S/C10H10ClN3O2/c1-6(10(15)16)4-8-12-9-3-2-7(11)5-14(9)13-8/h2-3,5-6H,4H2,1H3,(H,15,16). The van der Waals surface area contributed by atoms with Crippen LogP contribution in [0.4, 0.5) is 0 Å². The fourth-order valence-corrected chi connectivity index (χ4v) is 1.51. The van der Waals surface area contributed by atoms with Crippen LogP contribution in [0, 0.1) is 5.92 Å². The van der Waals surface area contributed by atoms with Gasteiger partial charge in [0.25, 0.3) is 0 Å². The molecule has 0 saturated carbocycles. The van der Waals surface area contributed by atoms with Crippen LogP contribution in [0.5, 0.6) is 0 Å². The Kier molecular flexibility index (Phi) is 2.78. The number of hydrogen-bond donors (Lipinski definition) is 1. The molecule has 1 unspecified atom stereocenters. The van der Waals surface area contributed by atoms with Crippen LogP contribution >= 0.6 is 11.6 Å². The summed E-state index contributed by atoms with van der Waals surface area (Å²) in [5.41, 5.74) is 0.664. The molecule has 16 heavy (non-hydrogen) atoms. The van der Waals surface area contributed by atoms with Crippen molar-refractivity contribution >= 4 is 23.2 Å². The van der Waals surface area contributed by atoms with E-state index in [-0.39, 0.29) is 0 Å². The number of carboxylic acid groups (broad SMARTS) is 1. The number of fused-ring (bicyclic) bond motifs is 1. The summed E-state index contributed by atoms with van der Waals surface area (Å²) in [5, 5.41) is 13.5. The fourth-order valence-electron chi connectivity index (χ4n) is 1.35. The van der Waals surface area contributed by atoms with Crippen LogP contribution in [0.3, 0.4) is 0 Å². The molecule has 2 aromatic rings. The summed E-state index contributed by atoms with van der Waals surface area (Å²) in [6.45, 7) is 1.63. The maximum Gasteiger partial charge on any atom is 0.306 e. The second-order valence-corrected chi connectivity index (χ2v) is 4.06. The molecule has 0 radical (unpaired) electrons. The highest BCUT2D eigenvalue weighted by Gasteiger charge is 2.14. The van der Waals surface area contributed by atoms with Crippen molar-refractivity contribution in [2.75, 3.05) is 0 Å². The molecular weight excluding hydrogens is 230 g/mol. The first-order valence-electron chi connectivity index (χ1n) is 4.80. The van der Waals surface area contributed by atoms with Gasteiger partial charge in [-0.3, -0.25) is 4.79 Å². The van der Waals surface area contributed by atoms with Gasteiger partial charge in [-0.25, -0.2) is 9.50 Å². The Labute approximate surface area is 96.7 Å². The van der Waals surface area contributed by atoms with Crippen molar-refractivity contribution in [3.8, 4) is 0 Å². The predicted octanol–water partition coefficient (Wildman–Crippen LogP) is 1.65. The number of aliphatic carboxylic acids is 1. The minimum absolute atomic E-state index is 0.314. The van der Waals surface area contributed by atoms with Crippen molar-refractivity contribution in [3.63, 3.8) is 0 Å². The summed E-state index contributed by atoms with van der Waals surface area (Å²) in [6, 6.07) is 3.46. The third-order valence-electron chi connectivity index (χ3n) is 2.25. The average Bonchev–Trinajstić information content (AvgIpc) is 2.58. The lowest BCUT2D eigenvalue weighted by Gasteiger charge is -2.00. The van der Waals surface area contributed by atoms with Gasteiger partial charge in [0.2, 0.25) is 0 Å². The van der Waals surface area contributed by atoms with E-state index in [1.807, 2.05) is 0 Å². The molecule has 1 N–H and O–H groups in total. The molecule has 0 spiro atoms. The van der Waals surface area contributed by atoms with Gasteiger partial charge in [-0.1, -0.05) is 18.5 Å². The summed E-state index contributed by atoms with van der Waals surface area (Å²) in [4.78, 5) is 14.9. The van der Waals surface area contributed by atoms with Gasteiger partial charge in [-0.15, -0.1) is 0 Å². The van der Waals surface area contributed by atoms with Gasteiger partial charge < -0.3 is 5.11 Å². The maximum absolute atomic E-state index is 10.7. The number of pyridine rings is 1. The smallest absolute Gasteiger partial charge is 0.306 e. The van der Waals surface area contributed by atoms with E-state index in [0.29, 0.717) is 22.9 Å². The zero-order valence-corrected chi connectivity index (χ0v) is 9.35. The number of carbonyl (C=O) groups is 1. The van der Waals surface area contributed by atoms with E-state index in [1.165, 1.54) is 0 Å². The summed E-state index contributed by atoms with van der Waals surface area (Å²) in [6.07, 6.45) is 1.95. The van der Waals surface area contributed by atoms with Crippen molar-refractivity contribution in [1.29, 1.82) is 0 Å². The van der Waals surface area contributed by atoms with E-state index >= 15 is 0 Å². The first-order valence-corrected chi connectivity index (χ1v) is 5.17. The van der Waals surface area contributed by atoms with Gasteiger partial charge in [-0.05, 0) is 12.1 Å². The second kappa shape index (κ2) is 4.09. The van der Waals surface area contributed by atoms with E-state index in [2.05, 4.69) is 10.1 Å². The lowest BCUT2D eigenvalue weighted by atomic mass is 10.1. The lowest BCUT2D eigenvalue weighted by molar-refractivity contribution is -0.141. The number of hydrogen-bond acceptors (Lipinski definition) is 3. The molecule has 2 rings (SSSR count). The largest absolute Gasteiger partial charge is 0.481 e. The SMILES string of the molecule is CC(Cc1nc2ccc(Cl)cn2n1)C(=O)O. The monoisotopic (exact) mass is 239 g/mol. The Morgan fingerprint density at radius 3 is 3.06 bits per heavy atom. The predicted molar refractivity (Wildman–Crippen MR) is 58.5 cm³/mol. The Hall–Kier alpha value is -1.62. The Bertz CT molecular complexity index is 538. The maximum atomic E-state index is 10.7. The number of aromatic nitrogens is 3. The third kappa shape index (κ3) is 2.14. The molecule has 2 heterocycles. The highest BCUT2D eigenvalue weighted by Crippen LogP contribution is 2.11. The molecule has 6 heteroatoms. The summed E-state index contributed by atoms with van der Waals surface area (Å²) in [7, 11) is 0. The first kappa shape index (κ1) is 10.9. The van der Waals surface area contributed by atoms with Crippen molar-refractivity contribution in [2.24, 2.45) is 5.92 Å². The van der Waals surface area contributed by atoms with E-state index < -0.39 is 11.9 Å². The quantitative estimate of drug-likeness (QED) is 0.884. The number of rotatable bonds is 3. The van der Waals surface area contributed by atoms with Gasteiger partial charge in [-0.2, -0.15) is 5.10 Å². The second-order valence-electron chi connectivity index (χ2n) is 3.62. The zero-order chi connectivity index (χ0) is 11.7. The number of carboxylic acids is 1. The summed E-state index contributed by atoms with van der Waals surface area (Å²) >= 11 is 5.80. The molecular formula is C10H10ClN3O2. The Morgan fingerprint density at radius 2 is 2.38 bits per heavy atom. The molecule has 1 atom stereocenters. The molecule has 0 aromatic carbocycles. The molecule has 0 bridgehead atoms. The molecule has 2 aromatic heterocycles. The van der Waals surface area contributed by atoms with Crippen LogP contribution in [-0.2, 0) is 11.2 Å². The molecule has 0 aliphatic rings. The van der Waals surface area contributed by atoms with E-state index in [9.17, 15) is 4.79 Å². The van der Waals surface area contributed by atoms with Gasteiger partial charge in [0.1, 0.15) is 0 Å². The number of nitrogens with zero attached hydrogens (tertiary/aromatic N) is 3. The van der Waals surface area contributed by atoms with E-state index in [0.717, 1.165) is 0 Å².